The number of anilines is 1. The summed E-state index contributed by atoms with van der Waals surface area (Å²) >= 11 is 0. The number of benzene rings is 2. The van der Waals surface area contributed by atoms with Gasteiger partial charge in [0.05, 0.1) is 24.8 Å². The van der Waals surface area contributed by atoms with E-state index in [0.29, 0.717) is 29.8 Å². The molecular formula is C18H19NO4. The first-order chi connectivity index (χ1) is 11.0. The van der Waals surface area contributed by atoms with Crippen molar-refractivity contribution in [3.63, 3.8) is 0 Å². The maximum absolute atomic E-state index is 11.8. The van der Waals surface area contributed by atoms with Gasteiger partial charge in [-0.1, -0.05) is 18.2 Å². The first kappa shape index (κ1) is 16.5. The van der Waals surface area contributed by atoms with E-state index < -0.39 is 5.97 Å². The van der Waals surface area contributed by atoms with Gasteiger partial charge in [0.25, 0.3) is 0 Å². The van der Waals surface area contributed by atoms with Crippen LogP contribution < -0.4 is 5.73 Å². The van der Waals surface area contributed by atoms with Crippen molar-refractivity contribution < 1.29 is 19.1 Å². The van der Waals surface area contributed by atoms with Crippen LogP contribution in [0.3, 0.4) is 0 Å². The minimum absolute atomic E-state index is 0.337. The molecule has 0 saturated heterocycles. The topological polar surface area (TPSA) is 78.6 Å². The smallest absolute Gasteiger partial charge is 0.339 e. The molecule has 0 aliphatic rings. The molecule has 2 aromatic rings. The van der Waals surface area contributed by atoms with Gasteiger partial charge in [-0.15, -0.1) is 0 Å². The van der Waals surface area contributed by atoms with Crippen molar-refractivity contribution in [2.24, 2.45) is 0 Å². The predicted molar refractivity (Wildman–Crippen MR) is 87.4 cm³/mol. The summed E-state index contributed by atoms with van der Waals surface area (Å²) in [6, 6.07) is 12.4. The molecule has 0 atom stereocenters. The van der Waals surface area contributed by atoms with Gasteiger partial charge >= 0.3 is 11.9 Å². The molecule has 120 valence electrons. The monoisotopic (exact) mass is 313 g/mol. The summed E-state index contributed by atoms with van der Waals surface area (Å²) < 4.78 is 9.72. The second-order valence-corrected chi connectivity index (χ2v) is 5.01. The van der Waals surface area contributed by atoms with Crippen LogP contribution in [0.5, 0.6) is 0 Å². The molecule has 0 aliphatic heterocycles. The zero-order valence-corrected chi connectivity index (χ0v) is 13.2. The third-order valence-corrected chi connectivity index (χ3v) is 3.37. The Kier molecular flexibility index (Phi) is 5.36. The second kappa shape index (κ2) is 7.45. The highest BCUT2D eigenvalue weighted by atomic mass is 16.5. The molecule has 0 bridgehead atoms. The number of hydrogen-bond donors (Lipinski definition) is 1. The Morgan fingerprint density at radius 3 is 2.48 bits per heavy atom. The molecule has 0 heterocycles. The van der Waals surface area contributed by atoms with Crippen molar-refractivity contribution in [2.45, 2.75) is 13.3 Å². The number of esters is 2. The van der Waals surface area contributed by atoms with Crippen LogP contribution in [0.2, 0.25) is 0 Å². The van der Waals surface area contributed by atoms with Crippen LogP contribution >= 0.6 is 0 Å². The summed E-state index contributed by atoms with van der Waals surface area (Å²) in [5, 5.41) is 0. The molecule has 0 unspecified atom stereocenters. The highest BCUT2D eigenvalue weighted by Crippen LogP contribution is 2.18. The fourth-order valence-corrected chi connectivity index (χ4v) is 2.26. The third-order valence-electron chi connectivity index (χ3n) is 3.37. The van der Waals surface area contributed by atoms with Crippen molar-refractivity contribution in [2.75, 3.05) is 19.5 Å². The number of carbonyl (C=O) groups is 2. The van der Waals surface area contributed by atoms with Crippen molar-refractivity contribution in [1.29, 1.82) is 0 Å². The Morgan fingerprint density at radius 1 is 1.04 bits per heavy atom. The number of nitrogen functional groups attached to an aromatic ring is 1. The first-order valence-electron chi connectivity index (χ1n) is 7.28. The average molecular weight is 313 g/mol. The Hall–Kier alpha value is -2.82. The predicted octanol–water partition coefficient (Wildman–Crippen LogP) is 2.82. The minimum atomic E-state index is -0.468. The van der Waals surface area contributed by atoms with E-state index >= 15 is 0 Å². The van der Waals surface area contributed by atoms with E-state index in [1.165, 1.54) is 7.11 Å². The highest BCUT2D eigenvalue weighted by molar-refractivity contribution is 5.95. The molecule has 0 amide bonds. The van der Waals surface area contributed by atoms with Gasteiger partial charge < -0.3 is 15.2 Å². The van der Waals surface area contributed by atoms with Crippen molar-refractivity contribution in [3.8, 4) is 0 Å². The summed E-state index contributed by atoms with van der Waals surface area (Å²) in [7, 11) is 1.32. The van der Waals surface area contributed by atoms with Crippen LogP contribution in [0.25, 0.3) is 0 Å². The Balaban J connectivity index is 2.24. The van der Waals surface area contributed by atoms with Gasteiger partial charge in [-0.05, 0) is 48.7 Å². The molecule has 5 heteroatoms. The maximum atomic E-state index is 11.8. The van der Waals surface area contributed by atoms with Gasteiger partial charge in [-0.2, -0.15) is 0 Å². The summed E-state index contributed by atoms with van der Waals surface area (Å²) in [5.74, 6) is -0.813. The summed E-state index contributed by atoms with van der Waals surface area (Å²) in [5.41, 5.74) is 8.86. The highest BCUT2D eigenvalue weighted by Gasteiger charge is 2.12. The van der Waals surface area contributed by atoms with Crippen LogP contribution in [-0.2, 0) is 15.9 Å². The average Bonchev–Trinajstić information content (AvgIpc) is 2.56. The molecule has 5 nitrogen and oxygen atoms in total. The van der Waals surface area contributed by atoms with Crippen LogP contribution in [-0.4, -0.2) is 25.7 Å². The van der Waals surface area contributed by atoms with Gasteiger partial charge in [0.15, 0.2) is 0 Å². The molecule has 0 saturated carbocycles. The zero-order valence-electron chi connectivity index (χ0n) is 13.2. The van der Waals surface area contributed by atoms with Crippen LogP contribution in [0.4, 0.5) is 5.69 Å². The normalized spacial score (nSPS) is 10.2. The van der Waals surface area contributed by atoms with E-state index in [4.69, 9.17) is 15.2 Å². The fourth-order valence-electron chi connectivity index (χ4n) is 2.26. The minimum Gasteiger partial charge on any atom is -0.465 e. The lowest BCUT2D eigenvalue weighted by atomic mass is 10.0. The molecular weight excluding hydrogens is 294 g/mol. The number of hydrogen-bond acceptors (Lipinski definition) is 5. The summed E-state index contributed by atoms with van der Waals surface area (Å²) in [6.45, 7) is 2.11. The third kappa shape index (κ3) is 4.10. The van der Waals surface area contributed by atoms with Crippen molar-refractivity contribution >= 4 is 17.6 Å². The number of rotatable bonds is 5. The van der Waals surface area contributed by atoms with E-state index in [-0.39, 0.29) is 5.97 Å². The second-order valence-electron chi connectivity index (χ2n) is 5.01. The van der Waals surface area contributed by atoms with Gasteiger partial charge in [0, 0.05) is 5.69 Å². The van der Waals surface area contributed by atoms with Crippen molar-refractivity contribution in [1.82, 2.24) is 0 Å². The van der Waals surface area contributed by atoms with E-state index in [1.54, 1.807) is 37.3 Å². The fraction of sp³-hybridized carbons (Fsp3) is 0.222. The van der Waals surface area contributed by atoms with Gasteiger partial charge in [-0.25, -0.2) is 9.59 Å². The molecule has 0 fully saturated rings. The largest absolute Gasteiger partial charge is 0.465 e. The Bertz CT molecular complexity index is 725. The molecule has 0 aliphatic carbocycles. The number of ether oxygens (including phenoxy) is 2. The maximum Gasteiger partial charge on any atom is 0.339 e. The van der Waals surface area contributed by atoms with Crippen LogP contribution in [0, 0.1) is 0 Å². The lowest BCUT2D eigenvalue weighted by molar-refractivity contribution is 0.0525. The number of methoxy groups -OCH3 is 1. The van der Waals surface area contributed by atoms with Gasteiger partial charge in [0.1, 0.15) is 0 Å². The number of nitrogens with two attached hydrogens (primary N) is 1. The summed E-state index contributed by atoms with van der Waals surface area (Å²) in [4.78, 5) is 23.5. The summed E-state index contributed by atoms with van der Waals surface area (Å²) in [6.07, 6.45) is 0.567. The van der Waals surface area contributed by atoms with Gasteiger partial charge in [-0.3, -0.25) is 0 Å². The van der Waals surface area contributed by atoms with E-state index in [0.717, 1.165) is 11.1 Å². The lowest BCUT2D eigenvalue weighted by Crippen LogP contribution is -2.07. The van der Waals surface area contributed by atoms with Crippen LogP contribution in [0.15, 0.2) is 42.5 Å². The molecule has 2 aromatic carbocycles. The van der Waals surface area contributed by atoms with E-state index in [9.17, 15) is 9.59 Å². The van der Waals surface area contributed by atoms with Gasteiger partial charge in [0.2, 0.25) is 0 Å². The first-order valence-corrected chi connectivity index (χ1v) is 7.28. The van der Waals surface area contributed by atoms with E-state index in [2.05, 4.69) is 0 Å². The molecule has 2 N–H and O–H groups in total. The SMILES string of the molecule is CCOC(=O)c1cccc(Cc2ccc(N)c(C(=O)OC)c2)c1. The Morgan fingerprint density at radius 2 is 1.78 bits per heavy atom. The Labute approximate surface area is 135 Å². The molecule has 23 heavy (non-hydrogen) atoms. The van der Waals surface area contributed by atoms with E-state index in [1.807, 2.05) is 12.1 Å². The standard InChI is InChI=1S/C18H19NO4/c1-3-23-17(20)14-6-4-5-12(10-14)9-13-7-8-16(19)15(11-13)18(21)22-2/h4-8,10-11H,3,9,19H2,1-2H3. The molecule has 0 spiro atoms. The quantitative estimate of drug-likeness (QED) is 0.678. The van der Waals surface area contributed by atoms with Crippen molar-refractivity contribution in [3.05, 3.63) is 64.7 Å². The lowest BCUT2D eigenvalue weighted by Gasteiger charge is -2.08. The molecule has 0 radical (unpaired) electrons. The number of carbonyl (C=O) groups excluding carboxylic acids is 2. The zero-order chi connectivity index (χ0) is 16.8. The van der Waals surface area contributed by atoms with Crippen LogP contribution in [0.1, 0.15) is 38.8 Å². The molecule has 0 aromatic heterocycles. The molecule has 2 rings (SSSR count).